The number of nitrogens with one attached hydrogen (secondary N) is 2. The summed E-state index contributed by atoms with van der Waals surface area (Å²) in [6.45, 7) is 4.97. The molecule has 1 aromatic carbocycles. The van der Waals surface area contributed by atoms with Gasteiger partial charge in [0.1, 0.15) is 24.9 Å². The van der Waals surface area contributed by atoms with Gasteiger partial charge in [0.25, 0.3) is 0 Å². The Labute approximate surface area is 180 Å². The van der Waals surface area contributed by atoms with E-state index in [1.54, 1.807) is 0 Å². The quantitative estimate of drug-likeness (QED) is 0.317. The van der Waals surface area contributed by atoms with Crippen LogP contribution in [-0.2, 0) is 4.79 Å². The molecule has 1 atom stereocenters. The number of guanidine groups is 1. The molecule has 1 rings (SSSR count). The van der Waals surface area contributed by atoms with Crippen molar-refractivity contribution < 1.29 is 22.7 Å². The van der Waals surface area contributed by atoms with Crippen LogP contribution in [0.1, 0.15) is 19.4 Å². The number of carbonyl (C=O) groups is 1. The largest absolute Gasteiger partial charge is 0.489 e. The van der Waals surface area contributed by atoms with Crippen molar-refractivity contribution in [1.29, 1.82) is 0 Å². The number of rotatable bonds is 8. The number of amides is 1. The zero-order valence-electron chi connectivity index (χ0n) is 16.5. The maximum atomic E-state index is 12.3. The summed E-state index contributed by atoms with van der Waals surface area (Å²) in [6.07, 6.45) is -4.61. The van der Waals surface area contributed by atoms with E-state index in [1.165, 1.54) is 0 Å². The van der Waals surface area contributed by atoms with Gasteiger partial charge in [0.15, 0.2) is 5.96 Å². The summed E-state index contributed by atoms with van der Waals surface area (Å²) in [5, 5.41) is 5.96. The van der Waals surface area contributed by atoms with Gasteiger partial charge in [-0.05, 0) is 38.5 Å². The molecule has 10 heteroatoms. The monoisotopic (exact) mass is 516 g/mol. The number of hydrogen-bond donors (Lipinski definition) is 2. The Bertz CT molecular complexity index is 642. The minimum absolute atomic E-state index is 0. The van der Waals surface area contributed by atoms with Crippen LogP contribution in [0.25, 0.3) is 0 Å². The van der Waals surface area contributed by atoms with Crippen LogP contribution in [0.15, 0.2) is 29.3 Å². The van der Waals surface area contributed by atoms with Gasteiger partial charge in [0, 0.05) is 13.6 Å². The lowest BCUT2D eigenvalue weighted by molar-refractivity contribution is -0.157. The van der Waals surface area contributed by atoms with Crippen molar-refractivity contribution >= 4 is 35.8 Å². The Hall–Kier alpha value is -1.72. The van der Waals surface area contributed by atoms with Crippen LogP contribution >= 0.6 is 24.0 Å². The number of halogens is 4. The van der Waals surface area contributed by atoms with E-state index in [0.717, 1.165) is 18.4 Å². The molecule has 0 saturated heterocycles. The van der Waals surface area contributed by atoms with Crippen molar-refractivity contribution in [2.24, 2.45) is 4.99 Å². The van der Waals surface area contributed by atoms with E-state index in [1.807, 2.05) is 45.0 Å². The summed E-state index contributed by atoms with van der Waals surface area (Å²) in [5.74, 6) is 0.370. The molecule has 0 spiro atoms. The molecule has 0 radical (unpaired) electrons. The minimum Gasteiger partial charge on any atom is -0.489 e. The van der Waals surface area contributed by atoms with Crippen LogP contribution in [0.4, 0.5) is 13.2 Å². The van der Waals surface area contributed by atoms with E-state index < -0.39 is 18.6 Å². The Morgan fingerprint density at radius 2 is 2.00 bits per heavy atom. The molecule has 0 aliphatic rings. The number of alkyl halides is 3. The molecule has 0 fully saturated rings. The second-order valence-electron chi connectivity index (χ2n) is 6.19. The molecule has 2 N–H and O–H groups in total. The fraction of sp³-hybridized carbons (Fsp3) is 0.556. The number of aryl methyl sites for hydroxylation is 1. The van der Waals surface area contributed by atoms with Crippen molar-refractivity contribution in [3.63, 3.8) is 0 Å². The Morgan fingerprint density at radius 1 is 1.32 bits per heavy atom. The van der Waals surface area contributed by atoms with E-state index in [2.05, 4.69) is 15.6 Å². The predicted molar refractivity (Wildman–Crippen MR) is 114 cm³/mol. The van der Waals surface area contributed by atoms with E-state index in [0.29, 0.717) is 23.9 Å². The van der Waals surface area contributed by atoms with E-state index in [9.17, 15) is 18.0 Å². The number of ether oxygens (including phenoxy) is 1. The zero-order chi connectivity index (χ0) is 20.4. The van der Waals surface area contributed by atoms with Gasteiger partial charge in [-0.1, -0.05) is 12.1 Å². The molecule has 0 saturated carbocycles. The minimum atomic E-state index is -4.43. The normalized spacial score (nSPS) is 12.6. The Morgan fingerprint density at radius 3 is 2.57 bits per heavy atom. The third-order valence-corrected chi connectivity index (χ3v) is 3.44. The van der Waals surface area contributed by atoms with Crippen LogP contribution in [0, 0.1) is 6.92 Å². The van der Waals surface area contributed by atoms with Crippen molar-refractivity contribution in [1.82, 2.24) is 15.5 Å². The van der Waals surface area contributed by atoms with Gasteiger partial charge >= 0.3 is 6.18 Å². The number of likely N-dealkylation sites (N-methyl/N-ethyl adjacent to an activating group) is 1. The van der Waals surface area contributed by atoms with Crippen LogP contribution in [-0.4, -0.2) is 62.3 Å². The van der Waals surface area contributed by atoms with Crippen LogP contribution in [0.5, 0.6) is 5.75 Å². The highest BCUT2D eigenvalue weighted by Gasteiger charge is 2.31. The third kappa shape index (κ3) is 11.2. The van der Waals surface area contributed by atoms with Crippen LogP contribution < -0.4 is 15.4 Å². The fourth-order valence-corrected chi connectivity index (χ4v) is 2.17. The lowest BCUT2D eigenvalue weighted by Gasteiger charge is -2.19. The predicted octanol–water partition coefficient (Wildman–Crippen LogP) is 2.96. The van der Waals surface area contributed by atoms with Gasteiger partial charge in [0.05, 0.1) is 6.54 Å². The van der Waals surface area contributed by atoms with Gasteiger partial charge in [-0.25, -0.2) is 4.99 Å². The van der Waals surface area contributed by atoms with Crippen LogP contribution in [0.2, 0.25) is 0 Å². The molecule has 1 unspecified atom stereocenters. The molecule has 1 amide bonds. The first-order valence-electron chi connectivity index (χ1n) is 8.67. The van der Waals surface area contributed by atoms with E-state index in [-0.39, 0.29) is 36.6 Å². The Balaban J connectivity index is 0.00000729. The molecule has 0 aromatic heterocycles. The average molecular weight is 516 g/mol. The first-order valence-corrected chi connectivity index (χ1v) is 8.67. The van der Waals surface area contributed by atoms with Crippen molar-refractivity contribution in [3.8, 4) is 5.75 Å². The number of carbonyl (C=O) groups excluding carboxylic acids is 1. The lowest BCUT2D eigenvalue weighted by atomic mass is 10.2. The topological polar surface area (TPSA) is 66.0 Å². The molecule has 160 valence electrons. The summed E-state index contributed by atoms with van der Waals surface area (Å²) in [4.78, 5) is 16.4. The molecular formula is C18H28F3IN4O2. The van der Waals surface area contributed by atoms with Gasteiger partial charge in [-0.3, -0.25) is 4.79 Å². The summed E-state index contributed by atoms with van der Waals surface area (Å²) < 4.78 is 42.8. The van der Waals surface area contributed by atoms with Crippen molar-refractivity contribution in [3.05, 3.63) is 29.8 Å². The van der Waals surface area contributed by atoms with Gasteiger partial charge in [0.2, 0.25) is 5.91 Å². The summed E-state index contributed by atoms with van der Waals surface area (Å²) in [5.41, 5.74) is 1.09. The highest BCUT2D eigenvalue weighted by molar-refractivity contribution is 14.0. The molecule has 1 aromatic rings. The molecule has 0 aliphatic heterocycles. The fourth-order valence-electron chi connectivity index (χ4n) is 2.17. The van der Waals surface area contributed by atoms with Crippen molar-refractivity contribution in [2.75, 3.05) is 33.2 Å². The lowest BCUT2D eigenvalue weighted by Crippen LogP contribution is -2.43. The Kier molecular flexibility index (Phi) is 11.9. The van der Waals surface area contributed by atoms with E-state index in [4.69, 9.17) is 4.74 Å². The average Bonchev–Trinajstić information content (AvgIpc) is 2.55. The van der Waals surface area contributed by atoms with Crippen LogP contribution in [0.3, 0.4) is 0 Å². The smallest absolute Gasteiger partial charge is 0.406 e. The highest BCUT2D eigenvalue weighted by Crippen LogP contribution is 2.15. The molecule has 0 bridgehead atoms. The van der Waals surface area contributed by atoms with Crippen molar-refractivity contribution in [2.45, 2.75) is 33.1 Å². The first kappa shape index (κ1) is 26.3. The van der Waals surface area contributed by atoms with Gasteiger partial charge in [-0.2, -0.15) is 13.2 Å². The molecule has 6 nitrogen and oxygen atoms in total. The third-order valence-electron chi connectivity index (χ3n) is 3.44. The molecule has 0 aliphatic carbocycles. The zero-order valence-corrected chi connectivity index (χ0v) is 18.8. The highest BCUT2D eigenvalue weighted by atomic mass is 127. The molecule has 0 heterocycles. The summed E-state index contributed by atoms with van der Waals surface area (Å²) in [7, 11) is 1.10. The number of nitrogens with zero attached hydrogens (tertiary/aromatic N) is 2. The van der Waals surface area contributed by atoms with Gasteiger partial charge < -0.3 is 20.3 Å². The van der Waals surface area contributed by atoms with E-state index >= 15 is 0 Å². The maximum Gasteiger partial charge on any atom is 0.406 e. The first-order chi connectivity index (χ1) is 12.6. The van der Waals surface area contributed by atoms with Gasteiger partial charge in [-0.15, -0.1) is 24.0 Å². The molecule has 28 heavy (non-hydrogen) atoms. The second-order valence-corrected chi connectivity index (χ2v) is 6.19. The summed E-state index contributed by atoms with van der Waals surface area (Å²) in [6, 6.07) is 7.65. The SMILES string of the molecule is CCNC(=NCC(=O)N(C)CC(F)(F)F)NCC(C)Oc1cccc(C)c1.I. The summed E-state index contributed by atoms with van der Waals surface area (Å²) >= 11 is 0. The standard InChI is InChI=1S/C18H27F3N4O2.HI/c1-5-22-17(24-11-16(26)25(4)12-18(19,20)21)23-10-14(3)27-15-8-6-7-13(2)9-15;/h6-9,14H,5,10-12H2,1-4H3,(H2,22,23,24);1H. The number of aliphatic imine (C=N–C) groups is 1. The second kappa shape index (κ2) is 12.7. The number of benzene rings is 1. The molecular weight excluding hydrogens is 488 g/mol. The number of hydrogen-bond acceptors (Lipinski definition) is 3. The maximum absolute atomic E-state index is 12.3.